The molecule has 0 bridgehead atoms. The van der Waals surface area contributed by atoms with Gasteiger partial charge in [-0.15, -0.1) is 0 Å². The number of nitrogens with one attached hydrogen (secondary N) is 3. The van der Waals surface area contributed by atoms with Crippen LogP contribution in [0, 0.1) is 0 Å². The van der Waals surface area contributed by atoms with Gasteiger partial charge in [-0.25, -0.2) is 0 Å². The summed E-state index contributed by atoms with van der Waals surface area (Å²) >= 11 is 0. The molecule has 1 rings (SSSR count). The monoisotopic (exact) mass is 307 g/mol. The summed E-state index contributed by atoms with van der Waals surface area (Å²) in [5.41, 5.74) is 0.517. The fourth-order valence-corrected chi connectivity index (χ4v) is 1.90. The van der Waals surface area contributed by atoms with Crippen LogP contribution in [0.1, 0.15) is 30.1 Å². The quantitative estimate of drug-likeness (QED) is 0.562. The highest BCUT2D eigenvalue weighted by atomic mass is 16.5. The number of benzene rings is 1. The van der Waals surface area contributed by atoms with Crippen LogP contribution in [0.5, 0.6) is 5.75 Å². The normalized spacial score (nSPS) is 10.1. The Bertz CT molecular complexity index is 477. The molecule has 6 nitrogen and oxygen atoms in total. The van der Waals surface area contributed by atoms with Crippen LogP contribution in [0.3, 0.4) is 0 Å². The van der Waals surface area contributed by atoms with Crippen molar-refractivity contribution in [2.75, 3.05) is 33.3 Å². The molecule has 0 heterocycles. The summed E-state index contributed by atoms with van der Waals surface area (Å²) in [4.78, 5) is 23.6. The van der Waals surface area contributed by atoms with Crippen molar-refractivity contribution in [1.82, 2.24) is 16.0 Å². The number of rotatable bonds is 10. The van der Waals surface area contributed by atoms with Gasteiger partial charge in [-0.05, 0) is 32.5 Å². The zero-order chi connectivity index (χ0) is 16.2. The topological polar surface area (TPSA) is 79.5 Å². The fraction of sp³-hybridized carbons (Fsp3) is 0.500. The van der Waals surface area contributed by atoms with Crippen LogP contribution >= 0.6 is 0 Å². The second-order valence-corrected chi connectivity index (χ2v) is 4.74. The van der Waals surface area contributed by atoms with E-state index in [1.165, 1.54) is 0 Å². The third-order valence-electron chi connectivity index (χ3n) is 2.99. The average molecular weight is 307 g/mol. The number of hydrogen-bond donors (Lipinski definition) is 3. The van der Waals surface area contributed by atoms with E-state index in [4.69, 9.17) is 4.74 Å². The summed E-state index contributed by atoms with van der Waals surface area (Å²) in [7, 11) is 1.84. The Morgan fingerprint density at radius 3 is 2.59 bits per heavy atom. The first-order chi connectivity index (χ1) is 10.7. The third-order valence-corrected chi connectivity index (χ3v) is 2.99. The highest BCUT2D eigenvalue weighted by Gasteiger charge is 2.11. The molecule has 0 aliphatic heterocycles. The summed E-state index contributed by atoms with van der Waals surface area (Å²) in [6, 6.07) is 7.13. The van der Waals surface area contributed by atoms with Gasteiger partial charge in [0.2, 0.25) is 5.91 Å². The maximum Gasteiger partial charge on any atom is 0.255 e. The molecule has 122 valence electrons. The van der Waals surface area contributed by atoms with E-state index in [9.17, 15) is 9.59 Å². The predicted molar refractivity (Wildman–Crippen MR) is 86.1 cm³/mol. The van der Waals surface area contributed by atoms with Crippen LogP contribution in [0.15, 0.2) is 24.3 Å². The van der Waals surface area contributed by atoms with Gasteiger partial charge in [-0.2, -0.15) is 0 Å². The molecule has 6 heteroatoms. The van der Waals surface area contributed by atoms with Crippen molar-refractivity contribution in [3.8, 4) is 5.75 Å². The first kappa shape index (κ1) is 18.0. The van der Waals surface area contributed by atoms with Gasteiger partial charge in [0.1, 0.15) is 5.75 Å². The van der Waals surface area contributed by atoms with Crippen molar-refractivity contribution < 1.29 is 14.3 Å². The van der Waals surface area contributed by atoms with Gasteiger partial charge in [0.05, 0.1) is 12.2 Å². The number of likely N-dealkylation sites (N-methyl/N-ethyl adjacent to an activating group) is 1. The number of carbonyl (C=O) groups is 2. The minimum Gasteiger partial charge on any atom is -0.493 e. The van der Waals surface area contributed by atoms with Gasteiger partial charge in [0.25, 0.3) is 5.91 Å². The number of carbonyl (C=O) groups excluding carboxylic acids is 2. The fourth-order valence-electron chi connectivity index (χ4n) is 1.90. The van der Waals surface area contributed by atoms with E-state index < -0.39 is 0 Å². The maximum absolute atomic E-state index is 12.1. The number of amides is 2. The summed E-state index contributed by atoms with van der Waals surface area (Å²) < 4.78 is 5.43. The first-order valence-corrected chi connectivity index (χ1v) is 7.60. The van der Waals surface area contributed by atoms with E-state index in [0.717, 1.165) is 6.54 Å². The van der Waals surface area contributed by atoms with Gasteiger partial charge < -0.3 is 20.7 Å². The van der Waals surface area contributed by atoms with Crippen LogP contribution in [0.4, 0.5) is 0 Å². The molecule has 3 N–H and O–H groups in total. The zero-order valence-corrected chi connectivity index (χ0v) is 13.3. The Labute approximate surface area is 131 Å². The van der Waals surface area contributed by atoms with Gasteiger partial charge in [0, 0.05) is 26.1 Å². The van der Waals surface area contributed by atoms with Crippen LogP contribution < -0.4 is 20.7 Å². The minimum atomic E-state index is -0.181. The minimum absolute atomic E-state index is 0.000726. The van der Waals surface area contributed by atoms with Crippen molar-refractivity contribution in [3.05, 3.63) is 29.8 Å². The van der Waals surface area contributed by atoms with Crippen LogP contribution in [-0.4, -0.2) is 45.1 Å². The first-order valence-electron chi connectivity index (χ1n) is 7.60. The Morgan fingerprint density at radius 1 is 1.09 bits per heavy atom. The molecule has 0 aromatic heterocycles. The Kier molecular flexibility index (Phi) is 8.67. The van der Waals surface area contributed by atoms with Gasteiger partial charge in [-0.3, -0.25) is 9.59 Å². The number of ether oxygens (including phenoxy) is 1. The van der Waals surface area contributed by atoms with E-state index in [-0.39, 0.29) is 11.8 Å². The van der Waals surface area contributed by atoms with E-state index in [0.29, 0.717) is 43.9 Å². The maximum atomic E-state index is 12.1. The molecule has 0 atom stereocenters. The van der Waals surface area contributed by atoms with E-state index in [1.807, 2.05) is 20.0 Å². The molecule has 0 fully saturated rings. The second kappa shape index (κ2) is 10.6. The average Bonchev–Trinajstić information content (AvgIpc) is 2.52. The van der Waals surface area contributed by atoms with Crippen molar-refractivity contribution in [1.29, 1.82) is 0 Å². The largest absolute Gasteiger partial charge is 0.493 e. The molecule has 0 aliphatic rings. The standard InChI is InChI=1S/C16H25N3O3/c1-3-22-14-8-5-4-7-13(14)16(21)19-10-6-9-15(20)18-12-11-17-2/h4-5,7-8,17H,3,6,9-12H2,1-2H3,(H,18,20)(H,19,21). The van der Waals surface area contributed by atoms with Crippen molar-refractivity contribution in [3.63, 3.8) is 0 Å². The van der Waals surface area contributed by atoms with Crippen molar-refractivity contribution in [2.24, 2.45) is 0 Å². The lowest BCUT2D eigenvalue weighted by molar-refractivity contribution is -0.121. The predicted octanol–water partition coefficient (Wildman–Crippen LogP) is 0.931. The van der Waals surface area contributed by atoms with E-state index in [1.54, 1.807) is 18.2 Å². The van der Waals surface area contributed by atoms with Gasteiger partial charge in [-0.1, -0.05) is 12.1 Å². The second-order valence-electron chi connectivity index (χ2n) is 4.74. The Balaban J connectivity index is 2.30. The highest BCUT2D eigenvalue weighted by Crippen LogP contribution is 2.17. The van der Waals surface area contributed by atoms with E-state index >= 15 is 0 Å². The Hall–Kier alpha value is -2.08. The number of para-hydroxylation sites is 1. The lowest BCUT2D eigenvalue weighted by atomic mass is 10.2. The third kappa shape index (κ3) is 6.58. The lowest BCUT2D eigenvalue weighted by Crippen LogP contribution is -2.31. The summed E-state index contributed by atoms with van der Waals surface area (Å²) in [6.45, 7) is 4.21. The molecule has 0 saturated carbocycles. The zero-order valence-electron chi connectivity index (χ0n) is 13.3. The summed E-state index contributed by atoms with van der Waals surface area (Å²) in [5.74, 6) is 0.395. The molecule has 0 unspecified atom stereocenters. The summed E-state index contributed by atoms with van der Waals surface area (Å²) in [5, 5.41) is 8.56. The van der Waals surface area contributed by atoms with Crippen molar-refractivity contribution >= 4 is 11.8 Å². The summed E-state index contributed by atoms with van der Waals surface area (Å²) in [6.07, 6.45) is 1.00. The molecule has 0 saturated heterocycles. The van der Waals surface area contributed by atoms with Gasteiger partial charge in [0.15, 0.2) is 0 Å². The van der Waals surface area contributed by atoms with Crippen LogP contribution in [-0.2, 0) is 4.79 Å². The lowest BCUT2D eigenvalue weighted by Gasteiger charge is -2.10. The highest BCUT2D eigenvalue weighted by molar-refractivity contribution is 5.96. The molecule has 0 radical (unpaired) electrons. The molecular weight excluding hydrogens is 282 g/mol. The molecule has 0 spiro atoms. The molecule has 0 aliphatic carbocycles. The van der Waals surface area contributed by atoms with E-state index in [2.05, 4.69) is 16.0 Å². The van der Waals surface area contributed by atoms with Crippen molar-refractivity contribution in [2.45, 2.75) is 19.8 Å². The molecule has 1 aromatic rings. The number of hydrogen-bond acceptors (Lipinski definition) is 4. The molecule has 1 aromatic carbocycles. The molecule has 22 heavy (non-hydrogen) atoms. The smallest absolute Gasteiger partial charge is 0.255 e. The van der Waals surface area contributed by atoms with Gasteiger partial charge >= 0.3 is 0 Å². The van der Waals surface area contributed by atoms with Crippen LogP contribution in [0.25, 0.3) is 0 Å². The SMILES string of the molecule is CCOc1ccccc1C(=O)NCCCC(=O)NCCNC. The molecular formula is C16H25N3O3. The Morgan fingerprint density at radius 2 is 1.86 bits per heavy atom. The van der Waals surface area contributed by atoms with Crippen LogP contribution in [0.2, 0.25) is 0 Å². The molecule has 2 amide bonds.